The normalized spacial score (nSPS) is 14.1. The zero-order valence-corrected chi connectivity index (χ0v) is 17.3. The molecule has 9 heteroatoms. The number of carbonyl (C=O) groups excluding carboxylic acids is 2. The molecule has 3 aromatic heterocycles. The minimum atomic E-state index is -0.244. The zero-order valence-electron chi connectivity index (χ0n) is 17.3. The Labute approximate surface area is 174 Å². The van der Waals surface area contributed by atoms with Crippen LogP contribution < -0.4 is 10.6 Å². The van der Waals surface area contributed by atoms with E-state index in [2.05, 4.69) is 25.2 Å². The summed E-state index contributed by atoms with van der Waals surface area (Å²) in [4.78, 5) is 39.3. The number of nitrogens with zero attached hydrogens (tertiary/aromatic N) is 5. The van der Waals surface area contributed by atoms with Crippen molar-refractivity contribution in [2.24, 2.45) is 0 Å². The zero-order chi connectivity index (χ0) is 21.3. The van der Waals surface area contributed by atoms with E-state index in [4.69, 9.17) is 4.98 Å². The predicted octanol–water partition coefficient (Wildman–Crippen LogP) is 2.75. The fraction of sp³-hybridized carbons (Fsp3) is 0.381. The van der Waals surface area contributed by atoms with E-state index in [1.165, 1.54) is 0 Å². The van der Waals surface area contributed by atoms with Crippen LogP contribution in [0.2, 0.25) is 0 Å². The molecule has 2 amide bonds. The van der Waals surface area contributed by atoms with Crippen molar-refractivity contribution in [3.05, 3.63) is 42.0 Å². The highest BCUT2D eigenvalue weighted by molar-refractivity contribution is 5.98. The molecule has 1 aliphatic rings. The number of hydrogen-bond acceptors (Lipinski definition) is 6. The fourth-order valence-corrected chi connectivity index (χ4v) is 3.85. The van der Waals surface area contributed by atoms with Crippen molar-refractivity contribution in [3.63, 3.8) is 0 Å². The fourth-order valence-electron chi connectivity index (χ4n) is 3.85. The third-order valence-corrected chi connectivity index (χ3v) is 5.37. The quantitative estimate of drug-likeness (QED) is 0.674. The lowest BCUT2D eigenvalue weighted by molar-refractivity contribution is 0.0815. The van der Waals surface area contributed by atoms with Gasteiger partial charge >= 0.3 is 0 Å². The smallest absolute Gasteiger partial charge is 0.270 e. The molecule has 0 aliphatic heterocycles. The van der Waals surface area contributed by atoms with Gasteiger partial charge in [-0.05, 0) is 31.0 Å². The molecule has 3 aromatic rings. The predicted molar refractivity (Wildman–Crippen MR) is 114 cm³/mol. The van der Waals surface area contributed by atoms with E-state index in [1.54, 1.807) is 50.6 Å². The van der Waals surface area contributed by atoms with Crippen molar-refractivity contribution in [3.8, 4) is 0 Å². The average molecular weight is 407 g/mol. The summed E-state index contributed by atoms with van der Waals surface area (Å²) < 4.78 is 2.07. The molecule has 1 fully saturated rings. The van der Waals surface area contributed by atoms with E-state index in [1.807, 2.05) is 6.07 Å². The van der Waals surface area contributed by atoms with Gasteiger partial charge in [-0.1, -0.05) is 12.8 Å². The van der Waals surface area contributed by atoms with Gasteiger partial charge in [0.25, 0.3) is 11.8 Å². The molecule has 0 unspecified atom stereocenters. The van der Waals surface area contributed by atoms with Crippen LogP contribution in [0.3, 0.4) is 0 Å². The average Bonchev–Trinajstić information content (AvgIpc) is 3.40. The van der Waals surface area contributed by atoms with Gasteiger partial charge in [-0.25, -0.2) is 9.97 Å². The van der Waals surface area contributed by atoms with Crippen LogP contribution >= 0.6 is 0 Å². The third kappa shape index (κ3) is 3.70. The third-order valence-electron chi connectivity index (χ3n) is 5.37. The van der Waals surface area contributed by atoms with Crippen LogP contribution in [0.25, 0.3) is 11.0 Å². The highest BCUT2D eigenvalue weighted by Gasteiger charge is 2.26. The van der Waals surface area contributed by atoms with Crippen LogP contribution in [0, 0.1) is 0 Å². The molecule has 3 heterocycles. The van der Waals surface area contributed by atoms with Crippen molar-refractivity contribution in [2.45, 2.75) is 31.7 Å². The van der Waals surface area contributed by atoms with Crippen molar-refractivity contribution in [1.29, 1.82) is 0 Å². The van der Waals surface area contributed by atoms with E-state index in [0.29, 0.717) is 23.0 Å². The largest absolute Gasteiger partial charge is 0.354 e. The highest BCUT2D eigenvalue weighted by Crippen LogP contribution is 2.34. The number of amides is 2. The second-order valence-corrected chi connectivity index (χ2v) is 7.65. The van der Waals surface area contributed by atoms with Gasteiger partial charge in [-0.3, -0.25) is 9.59 Å². The van der Waals surface area contributed by atoms with E-state index >= 15 is 0 Å². The Balaban J connectivity index is 1.70. The first-order chi connectivity index (χ1) is 14.5. The molecular formula is C21H25N7O2. The summed E-state index contributed by atoms with van der Waals surface area (Å²) in [5.41, 5.74) is 2.40. The summed E-state index contributed by atoms with van der Waals surface area (Å²) in [5.74, 6) is 0.133. The molecule has 30 heavy (non-hydrogen) atoms. The molecule has 0 spiro atoms. The highest BCUT2D eigenvalue weighted by atomic mass is 16.2. The van der Waals surface area contributed by atoms with Gasteiger partial charge in [0, 0.05) is 38.8 Å². The Hall–Kier alpha value is -3.49. The lowest BCUT2D eigenvalue weighted by Crippen LogP contribution is -2.25. The van der Waals surface area contributed by atoms with Crippen LogP contribution in [0.4, 0.5) is 11.6 Å². The second-order valence-electron chi connectivity index (χ2n) is 7.65. The van der Waals surface area contributed by atoms with Crippen LogP contribution in [0.15, 0.2) is 30.6 Å². The summed E-state index contributed by atoms with van der Waals surface area (Å²) in [6.45, 7) is 0. The molecule has 1 saturated carbocycles. The molecule has 0 aromatic carbocycles. The first kappa shape index (κ1) is 19.8. The lowest BCUT2D eigenvalue weighted by atomic mass is 10.2. The molecule has 0 atom stereocenters. The topological polar surface area (TPSA) is 105 Å². The Bertz CT molecular complexity index is 1080. The molecule has 0 radical (unpaired) electrons. The summed E-state index contributed by atoms with van der Waals surface area (Å²) in [5, 5.41) is 6.52. The summed E-state index contributed by atoms with van der Waals surface area (Å²) in [6, 6.07) is 5.52. The Morgan fingerprint density at radius 1 is 1.13 bits per heavy atom. The van der Waals surface area contributed by atoms with Crippen molar-refractivity contribution in [2.75, 3.05) is 26.5 Å². The molecule has 2 N–H and O–H groups in total. The number of rotatable bonds is 5. The maximum atomic E-state index is 12.8. The van der Waals surface area contributed by atoms with Gasteiger partial charge in [0.05, 0.1) is 11.9 Å². The Morgan fingerprint density at radius 2 is 1.90 bits per heavy atom. The maximum absolute atomic E-state index is 12.8. The second kappa shape index (κ2) is 8.10. The maximum Gasteiger partial charge on any atom is 0.270 e. The van der Waals surface area contributed by atoms with Crippen molar-refractivity contribution < 1.29 is 9.59 Å². The number of aromatic nitrogens is 4. The van der Waals surface area contributed by atoms with E-state index in [-0.39, 0.29) is 17.9 Å². The number of nitrogens with one attached hydrogen (secondary N) is 2. The molecule has 1 aliphatic carbocycles. The number of hydrogen-bond donors (Lipinski definition) is 2. The first-order valence-corrected chi connectivity index (χ1v) is 10.0. The lowest BCUT2D eigenvalue weighted by Gasteiger charge is -2.19. The van der Waals surface area contributed by atoms with Gasteiger partial charge < -0.3 is 20.1 Å². The van der Waals surface area contributed by atoms with Crippen molar-refractivity contribution in [1.82, 2.24) is 29.7 Å². The molecule has 0 saturated heterocycles. The van der Waals surface area contributed by atoms with E-state index < -0.39 is 0 Å². The summed E-state index contributed by atoms with van der Waals surface area (Å²) in [7, 11) is 5.08. The summed E-state index contributed by atoms with van der Waals surface area (Å²) in [6.07, 6.45) is 7.67. The van der Waals surface area contributed by atoms with Crippen LogP contribution in [-0.4, -0.2) is 57.4 Å². The van der Waals surface area contributed by atoms with Gasteiger partial charge in [-0.15, -0.1) is 0 Å². The van der Waals surface area contributed by atoms with Gasteiger partial charge in [0.15, 0.2) is 0 Å². The number of fused-ring (bicyclic) bond motifs is 1. The van der Waals surface area contributed by atoms with E-state index in [9.17, 15) is 9.59 Å². The standard InChI is InChI=1S/C21H25N7O2/c1-22-19(29)16-9-8-14(12-23-16)25-21-24-11-13-10-17(20(30)27(2)3)28(18(13)26-21)15-6-4-5-7-15/h8-12,15H,4-7H2,1-3H3,(H,22,29)(H,24,25,26). The Kier molecular flexibility index (Phi) is 5.35. The molecule has 9 nitrogen and oxygen atoms in total. The first-order valence-electron chi connectivity index (χ1n) is 10.0. The van der Waals surface area contributed by atoms with Crippen LogP contribution in [-0.2, 0) is 0 Å². The van der Waals surface area contributed by atoms with Crippen molar-refractivity contribution >= 4 is 34.5 Å². The van der Waals surface area contributed by atoms with Crippen LogP contribution in [0.1, 0.15) is 52.7 Å². The number of anilines is 2. The van der Waals surface area contributed by atoms with Gasteiger partial charge in [-0.2, -0.15) is 4.98 Å². The minimum absolute atomic E-state index is 0.0385. The van der Waals surface area contributed by atoms with Gasteiger partial charge in [0.2, 0.25) is 5.95 Å². The minimum Gasteiger partial charge on any atom is -0.354 e. The summed E-state index contributed by atoms with van der Waals surface area (Å²) >= 11 is 0. The SMILES string of the molecule is CNC(=O)c1ccc(Nc2ncc3cc(C(=O)N(C)C)n(C4CCCC4)c3n2)cn1. The number of pyridine rings is 1. The van der Waals surface area contributed by atoms with E-state index in [0.717, 1.165) is 36.7 Å². The molecular weight excluding hydrogens is 382 g/mol. The van der Waals surface area contributed by atoms with Crippen LogP contribution in [0.5, 0.6) is 0 Å². The Morgan fingerprint density at radius 3 is 2.53 bits per heavy atom. The molecule has 4 rings (SSSR count). The monoisotopic (exact) mass is 407 g/mol. The number of carbonyl (C=O) groups is 2. The molecule has 0 bridgehead atoms. The van der Waals surface area contributed by atoms with Gasteiger partial charge in [0.1, 0.15) is 17.0 Å². The molecule has 156 valence electrons.